The van der Waals surface area contributed by atoms with Gasteiger partial charge in [-0.25, -0.2) is 9.18 Å². The third-order valence-corrected chi connectivity index (χ3v) is 3.27. The molecule has 1 aromatic rings. The average Bonchev–Trinajstić information content (AvgIpc) is 2.43. The molecule has 0 aromatic heterocycles. The van der Waals surface area contributed by atoms with Crippen molar-refractivity contribution in [3.63, 3.8) is 0 Å². The van der Waals surface area contributed by atoms with Crippen LogP contribution in [-0.4, -0.2) is 42.1 Å². The van der Waals surface area contributed by atoms with Crippen LogP contribution in [0.25, 0.3) is 0 Å². The molecule has 1 amide bonds. The summed E-state index contributed by atoms with van der Waals surface area (Å²) in [6.45, 7) is 0. The third-order valence-electron chi connectivity index (χ3n) is 2.63. The predicted molar refractivity (Wildman–Crippen MR) is 74.8 cm³/mol. The van der Waals surface area contributed by atoms with E-state index in [1.165, 1.54) is 31.0 Å². The highest BCUT2D eigenvalue weighted by Crippen LogP contribution is 2.18. The molecule has 0 bridgehead atoms. The van der Waals surface area contributed by atoms with E-state index >= 15 is 0 Å². The fourth-order valence-corrected chi connectivity index (χ4v) is 2.01. The fraction of sp³-hybridized carbons (Fsp3) is 0.385. The van der Waals surface area contributed by atoms with Gasteiger partial charge in [-0.15, -0.1) is 0 Å². The van der Waals surface area contributed by atoms with E-state index < -0.39 is 23.7 Å². The zero-order chi connectivity index (χ0) is 15.1. The van der Waals surface area contributed by atoms with Gasteiger partial charge in [-0.2, -0.15) is 11.8 Å². The van der Waals surface area contributed by atoms with Gasteiger partial charge >= 0.3 is 5.97 Å². The topological polar surface area (TPSA) is 75.6 Å². The molecule has 0 spiro atoms. The molecule has 1 aromatic carbocycles. The number of halogens is 1. The van der Waals surface area contributed by atoms with Gasteiger partial charge in [0.1, 0.15) is 6.04 Å². The van der Waals surface area contributed by atoms with Crippen molar-refractivity contribution in [1.82, 2.24) is 5.32 Å². The fourth-order valence-electron chi connectivity index (χ4n) is 1.54. The maximum atomic E-state index is 13.2. The lowest BCUT2D eigenvalue weighted by Gasteiger charge is -2.14. The van der Waals surface area contributed by atoms with Crippen LogP contribution in [0.15, 0.2) is 18.2 Å². The molecule has 1 rings (SSSR count). The van der Waals surface area contributed by atoms with Crippen LogP contribution < -0.4 is 10.1 Å². The lowest BCUT2D eigenvalue weighted by Crippen LogP contribution is -2.41. The van der Waals surface area contributed by atoms with Crippen molar-refractivity contribution < 1.29 is 23.8 Å². The van der Waals surface area contributed by atoms with Gasteiger partial charge in [0.05, 0.1) is 7.11 Å². The van der Waals surface area contributed by atoms with Crippen LogP contribution in [0.1, 0.15) is 16.8 Å². The normalized spacial score (nSPS) is 11.8. The maximum Gasteiger partial charge on any atom is 0.326 e. The smallest absolute Gasteiger partial charge is 0.326 e. The number of carboxylic acids is 1. The first kappa shape index (κ1) is 16.3. The lowest BCUT2D eigenvalue weighted by molar-refractivity contribution is -0.139. The van der Waals surface area contributed by atoms with Gasteiger partial charge in [0.25, 0.3) is 5.91 Å². The molecule has 0 aliphatic heterocycles. The largest absolute Gasteiger partial charge is 0.494 e. The van der Waals surface area contributed by atoms with Gasteiger partial charge in [0, 0.05) is 5.56 Å². The number of ether oxygens (including phenoxy) is 1. The summed E-state index contributed by atoms with van der Waals surface area (Å²) in [5, 5.41) is 11.4. The number of hydrogen-bond donors (Lipinski definition) is 2. The molecule has 2 N–H and O–H groups in total. The molecule has 110 valence electrons. The molecule has 0 unspecified atom stereocenters. The number of carboxylic acid groups (broad SMARTS) is 1. The van der Waals surface area contributed by atoms with Crippen LogP contribution in [-0.2, 0) is 4.79 Å². The van der Waals surface area contributed by atoms with Crippen molar-refractivity contribution in [3.8, 4) is 5.75 Å². The van der Waals surface area contributed by atoms with Crippen LogP contribution in [0.4, 0.5) is 4.39 Å². The number of methoxy groups -OCH3 is 1. The Morgan fingerprint density at radius 3 is 2.75 bits per heavy atom. The van der Waals surface area contributed by atoms with E-state index in [1.807, 2.05) is 6.26 Å². The minimum Gasteiger partial charge on any atom is -0.494 e. The van der Waals surface area contributed by atoms with Crippen molar-refractivity contribution in [1.29, 1.82) is 0 Å². The zero-order valence-corrected chi connectivity index (χ0v) is 12.0. The van der Waals surface area contributed by atoms with Crippen molar-refractivity contribution in [2.24, 2.45) is 0 Å². The van der Waals surface area contributed by atoms with Gasteiger partial charge in [-0.3, -0.25) is 4.79 Å². The minimum absolute atomic E-state index is 0.0614. The van der Waals surface area contributed by atoms with Crippen molar-refractivity contribution in [3.05, 3.63) is 29.6 Å². The SMILES string of the molecule is COc1cc(C(=O)N[C@@H](CCSC)C(=O)O)ccc1F. The maximum absolute atomic E-state index is 13.2. The molecule has 7 heteroatoms. The molecule has 0 saturated carbocycles. The molecule has 20 heavy (non-hydrogen) atoms. The van der Waals surface area contributed by atoms with E-state index in [1.54, 1.807) is 0 Å². The van der Waals surface area contributed by atoms with E-state index in [0.717, 1.165) is 6.07 Å². The van der Waals surface area contributed by atoms with Crippen LogP contribution in [0.5, 0.6) is 5.75 Å². The summed E-state index contributed by atoms with van der Waals surface area (Å²) in [5.74, 6) is -1.70. The first-order valence-corrected chi connectivity index (χ1v) is 7.25. The minimum atomic E-state index is -1.10. The Kier molecular flexibility index (Phi) is 6.30. The van der Waals surface area contributed by atoms with Crippen molar-refractivity contribution in [2.75, 3.05) is 19.1 Å². The second kappa shape index (κ2) is 7.74. The molecule has 5 nitrogen and oxygen atoms in total. The summed E-state index contributed by atoms with van der Waals surface area (Å²) in [6, 6.07) is 2.65. The van der Waals surface area contributed by atoms with Crippen LogP contribution >= 0.6 is 11.8 Å². The first-order chi connectivity index (χ1) is 9.49. The van der Waals surface area contributed by atoms with Gasteiger partial charge in [-0.05, 0) is 36.6 Å². The zero-order valence-electron chi connectivity index (χ0n) is 11.2. The molecular formula is C13H16FNO4S. The Morgan fingerprint density at radius 1 is 1.50 bits per heavy atom. The Hall–Kier alpha value is -1.76. The van der Waals surface area contributed by atoms with Crippen LogP contribution in [0.2, 0.25) is 0 Å². The van der Waals surface area contributed by atoms with Crippen molar-refractivity contribution in [2.45, 2.75) is 12.5 Å². The summed E-state index contributed by atoms with van der Waals surface area (Å²) in [4.78, 5) is 23.0. The number of benzene rings is 1. The molecule has 0 aliphatic rings. The monoisotopic (exact) mass is 301 g/mol. The number of thioether (sulfide) groups is 1. The lowest BCUT2D eigenvalue weighted by atomic mass is 10.1. The van der Waals surface area contributed by atoms with E-state index in [4.69, 9.17) is 9.84 Å². The predicted octanol–water partition coefficient (Wildman–Crippen LogP) is 1.77. The van der Waals surface area contributed by atoms with E-state index in [0.29, 0.717) is 12.2 Å². The Bertz CT molecular complexity index is 495. The average molecular weight is 301 g/mol. The standard InChI is InChI=1S/C13H16FNO4S/c1-19-11-7-8(3-4-9(11)14)12(16)15-10(13(17)18)5-6-20-2/h3-4,7,10H,5-6H2,1-2H3,(H,15,16)(H,17,18)/t10-/m0/s1. The summed E-state index contributed by atoms with van der Waals surface area (Å²) in [7, 11) is 1.29. The van der Waals surface area contributed by atoms with Gasteiger partial charge < -0.3 is 15.2 Å². The molecule has 0 aliphatic carbocycles. The molecule has 0 radical (unpaired) electrons. The number of rotatable bonds is 7. The Balaban J connectivity index is 2.80. The highest BCUT2D eigenvalue weighted by atomic mass is 32.2. The molecule has 0 heterocycles. The summed E-state index contributed by atoms with van der Waals surface area (Å²) >= 11 is 1.49. The number of hydrogen-bond acceptors (Lipinski definition) is 4. The summed E-state index contributed by atoms with van der Waals surface area (Å²) in [6.07, 6.45) is 2.17. The number of carbonyl (C=O) groups is 2. The number of amides is 1. The Labute approximate surface area is 120 Å². The highest BCUT2D eigenvalue weighted by Gasteiger charge is 2.20. The highest BCUT2D eigenvalue weighted by molar-refractivity contribution is 7.98. The third kappa shape index (κ3) is 4.41. The number of nitrogens with one attached hydrogen (secondary N) is 1. The summed E-state index contributed by atoms with van der Waals surface area (Å²) in [5.41, 5.74) is 0.152. The van der Waals surface area contributed by atoms with Gasteiger partial charge in [-0.1, -0.05) is 0 Å². The van der Waals surface area contributed by atoms with Gasteiger partial charge in [0.15, 0.2) is 11.6 Å². The van der Waals surface area contributed by atoms with Crippen LogP contribution in [0, 0.1) is 5.82 Å². The van der Waals surface area contributed by atoms with E-state index in [2.05, 4.69) is 5.32 Å². The van der Waals surface area contributed by atoms with E-state index in [-0.39, 0.29) is 11.3 Å². The Morgan fingerprint density at radius 2 is 2.20 bits per heavy atom. The number of carbonyl (C=O) groups excluding carboxylic acids is 1. The van der Waals surface area contributed by atoms with E-state index in [9.17, 15) is 14.0 Å². The van der Waals surface area contributed by atoms with Gasteiger partial charge in [0.2, 0.25) is 0 Å². The second-order valence-corrected chi connectivity index (χ2v) is 4.98. The second-order valence-electron chi connectivity index (χ2n) is 4.00. The first-order valence-electron chi connectivity index (χ1n) is 5.85. The quantitative estimate of drug-likeness (QED) is 0.803. The van der Waals surface area contributed by atoms with Crippen LogP contribution in [0.3, 0.4) is 0 Å². The molecule has 0 saturated heterocycles. The molecule has 1 atom stereocenters. The molecule has 0 fully saturated rings. The number of aliphatic carboxylic acids is 1. The molecular weight excluding hydrogens is 285 g/mol. The summed E-state index contributed by atoms with van der Waals surface area (Å²) < 4.78 is 18.0. The van der Waals surface area contributed by atoms with Crippen molar-refractivity contribution >= 4 is 23.6 Å².